The van der Waals surface area contributed by atoms with Gasteiger partial charge in [-0.25, -0.2) is 24.8 Å². The summed E-state index contributed by atoms with van der Waals surface area (Å²) in [6.07, 6.45) is -4.03. The average molecular weight is 317 g/mol. The number of carbonyl (C=O) groups excluding carboxylic acids is 2. The zero-order valence-electron chi connectivity index (χ0n) is 12.5. The molecule has 0 aliphatic carbocycles. The summed E-state index contributed by atoms with van der Waals surface area (Å²) in [5, 5.41) is 17.9. The van der Waals surface area contributed by atoms with E-state index in [1.165, 1.54) is 4.90 Å². The molecule has 1 rings (SSSR count). The highest BCUT2D eigenvalue weighted by atomic mass is 16.6. The minimum atomic E-state index is -1.63. The van der Waals surface area contributed by atoms with Crippen molar-refractivity contribution in [1.82, 2.24) is 15.3 Å². The Balaban J connectivity index is 2.86. The second-order valence-corrected chi connectivity index (χ2v) is 5.73. The minimum Gasteiger partial charge on any atom is -0.464 e. The highest BCUT2D eigenvalue weighted by molar-refractivity contribution is 5.90. The molecular formula is C12H19N3O7. The normalized spacial score (nSPS) is 18.6. The molecule has 0 aromatic rings. The van der Waals surface area contributed by atoms with E-state index in [-0.39, 0.29) is 24.5 Å². The minimum absolute atomic E-state index is 0.0881. The summed E-state index contributed by atoms with van der Waals surface area (Å²) >= 11 is 0. The fourth-order valence-corrected chi connectivity index (χ4v) is 1.89. The number of ether oxygens (including phenoxy) is 1. The Bertz CT molecular complexity index is 486. The lowest BCUT2D eigenvalue weighted by Gasteiger charge is -2.36. The standard InChI is InChI=1S/C12H19N3O7/c1-12(2,3)22-11(21)14-5-4-8(16)7(6-14)15(10(19)20)13-9(17)18/h7,13H,4-6H2,1-3H3,(H,17,18)(H,19,20)/t7-/m1/s1. The van der Waals surface area contributed by atoms with Crippen molar-refractivity contribution in [2.24, 2.45) is 0 Å². The van der Waals surface area contributed by atoms with Crippen molar-refractivity contribution in [3.8, 4) is 0 Å². The summed E-state index contributed by atoms with van der Waals surface area (Å²) in [5.74, 6) is -0.476. The fraction of sp³-hybridized carbons (Fsp3) is 0.667. The number of amides is 3. The highest BCUT2D eigenvalue weighted by Crippen LogP contribution is 2.16. The summed E-state index contributed by atoms with van der Waals surface area (Å²) < 4.78 is 5.16. The summed E-state index contributed by atoms with van der Waals surface area (Å²) in [6.45, 7) is 4.83. The Hall–Kier alpha value is -2.52. The van der Waals surface area contributed by atoms with Crippen LogP contribution < -0.4 is 5.43 Å². The molecule has 0 bridgehead atoms. The molecular weight excluding hydrogens is 298 g/mol. The van der Waals surface area contributed by atoms with Gasteiger partial charge >= 0.3 is 18.3 Å². The zero-order valence-corrected chi connectivity index (χ0v) is 12.5. The Morgan fingerprint density at radius 2 is 1.91 bits per heavy atom. The Morgan fingerprint density at radius 1 is 1.32 bits per heavy atom. The molecule has 0 radical (unpaired) electrons. The van der Waals surface area contributed by atoms with E-state index in [4.69, 9.17) is 14.9 Å². The number of hydrogen-bond donors (Lipinski definition) is 3. The zero-order chi connectivity index (χ0) is 17.1. The maximum absolute atomic E-state index is 12.0. The molecule has 1 aliphatic rings. The van der Waals surface area contributed by atoms with Gasteiger partial charge in [0.25, 0.3) is 0 Å². The number of nitrogens with one attached hydrogen (secondary N) is 1. The smallest absolute Gasteiger partial charge is 0.427 e. The molecule has 1 heterocycles. The van der Waals surface area contributed by atoms with Gasteiger partial charge in [0.15, 0.2) is 5.78 Å². The quantitative estimate of drug-likeness (QED) is 0.606. The highest BCUT2D eigenvalue weighted by Gasteiger charge is 2.38. The van der Waals surface area contributed by atoms with Gasteiger partial charge in [-0.2, -0.15) is 0 Å². The van der Waals surface area contributed by atoms with Crippen LogP contribution in [0.4, 0.5) is 14.4 Å². The summed E-state index contributed by atoms with van der Waals surface area (Å²) in [6, 6.07) is -1.31. The number of piperidine rings is 1. The maximum Gasteiger partial charge on any atom is 0.427 e. The van der Waals surface area contributed by atoms with Gasteiger partial charge in [-0.1, -0.05) is 0 Å². The SMILES string of the molecule is CC(C)(C)OC(=O)N1CCC(=O)[C@H](N(NC(=O)O)C(=O)O)C1. The van der Waals surface area contributed by atoms with Crippen molar-refractivity contribution < 1.29 is 34.1 Å². The van der Waals surface area contributed by atoms with Crippen LogP contribution in [0, 0.1) is 0 Å². The van der Waals surface area contributed by atoms with E-state index in [9.17, 15) is 19.2 Å². The van der Waals surface area contributed by atoms with Crippen LogP contribution in [0.25, 0.3) is 0 Å². The van der Waals surface area contributed by atoms with Crippen LogP contribution in [0.5, 0.6) is 0 Å². The molecule has 0 aromatic carbocycles. The second kappa shape index (κ2) is 6.50. The number of ketones is 1. The molecule has 0 unspecified atom stereocenters. The van der Waals surface area contributed by atoms with Crippen LogP contribution in [-0.2, 0) is 9.53 Å². The lowest BCUT2D eigenvalue weighted by molar-refractivity contribution is -0.127. The first kappa shape index (κ1) is 17.5. The number of carboxylic acid groups (broad SMARTS) is 2. The van der Waals surface area contributed by atoms with Crippen molar-refractivity contribution in [2.75, 3.05) is 13.1 Å². The van der Waals surface area contributed by atoms with Crippen LogP contribution in [0.1, 0.15) is 27.2 Å². The third kappa shape index (κ3) is 4.79. The van der Waals surface area contributed by atoms with Crippen LogP contribution in [-0.4, -0.2) is 68.9 Å². The number of likely N-dealkylation sites (tertiary alicyclic amines) is 1. The van der Waals surface area contributed by atoms with Gasteiger partial charge < -0.3 is 19.8 Å². The molecule has 10 heteroatoms. The van der Waals surface area contributed by atoms with Crippen LogP contribution in [0.3, 0.4) is 0 Å². The average Bonchev–Trinajstić information content (AvgIpc) is 2.34. The molecule has 3 amide bonds. The second-order valence-electron chi connectivity index (χ2n) is 5.73. The van der Waals surface area contributed by atoms with Crippen LogP contribution in [0.2, 0.25) is 0 Å². The van der Waals surface area contributed by atoms with Crippen molar-refractivity contribution in [2.45, 2.75) is 38.8 Å². The third-order valence-corrected chi connectivity index (χ3v) is 2.78. The largest absolute Gasteiger partial charge is 0.464 e. The molecule has 22 heavy (non-hydrogen) atoms. The van der Waals surface area contributed by atoms with Crippen molar-refractivity contribution in [1.29, 1.82) is 0 Å². The summed E-state index contributed by atoms with van der Waals surface area (Å²) in [5.41, 5.74) is 0.902. The first-order valence-electron chi connectivity index (χ1n) is 6.53. The number of carbonyl (C=O) groups is 4. The van der Waals surface area contributed by atoms with Gasteiger partial charge in [-0.3, -0.25) is 4.79 Å². The van der Waals surface area contributed by atoms with E-state index in [2.05, 4.69) is 0 Å². The van der Waals surface area contributed by atoms with E-state index in [0.717, 1.165) is 0 Å². The van der Waals surface area contributed by atoms with Crippen molar-refractivity contribution in [3.05, 3.63) is 0 Å². The molecule has 0 spiro atoms. The predicted molar refractivity (Wildman–Crippen MR) is 72.2 cm³/mol. The molecule has 1 aliphatic heterocycles. The van der Waals surface area contributed by atoms with Crippen molar-refractivity contribution >= 4 is 24.1 Å². The van der Waals surface area contributed by atoms with E-state index in [0.29, 0.717) is 0 Å². The lowest BCUT2D eigenvalue weighted by Crippen LogP contribution is -2.61. The summed E-state index contributed by atoms with van der Waals surface area (Å²) in [4.78, 5) is 46.7. The predicted octanol–water partition coefficient (Wildman–Crippen LogP) is 0.728. The van der Waals surface area contributed by atoms with E-state index in [1.807, 2.05) is 0 Å². The Morgan fingerprint density at radius 3 is 2.36 bits per heavy atom. The molecule has 3 N–H and O–H groups in total. The first-order valence-corrected chi connectivity index (χ1v) is 6.53. The van der Waals surface area contributed by atoms with Gasteiger partial charge in [0, 0.05) is 13.0 Å². The van der Waals surface area contributed by atoms with Gasteiger partial charge in [-0.15, -0.1) is 0 Å². The maximum atomic E-state index is 12.0. The van der Waals surface area contributed by atoms with Crippen LogP contribution in [0.15, 0.2) is 0 Å². The van der Waals surface area contributed by atoms with Gasteiger partial charge in [0.1, 0.15) is 11.6 Å². The van der Waals surface area contributed by atoms with E-state index < -0.39 is 35.7 Å². The number of Topliss-reactive ketones (excluding diaryl/α,β-unsaturated/α-hetero) is 1. The van der Waals surface area contributed by atoms with E-state index in [1.54, 1.807) is 26.2 Å². The van der Waals surface area contributed by atoms with Gasteiger partial charge in [0.05, 0.1) is 6.54 Å². The topological polar surface area (TPSA) is 136 Å². The van der Waals surface area contributed by atoms with Crippen LogP contribution >= 0.6 is 0 Å². The molecule has 10 nitrogen and oxygen atoms in total. The third-order valence-electron chi connectivity index (χ3n) is 2.78. The number of nitrogens with zero attached hydrogens (tertiary/aromatic N) is 2. The Labute approximate surface area is 126 Å². The number of hydrogen-bond acceptors (Lipinski definition) is 5. The Kier molecular flexibility index (Phi) is 5.18. The number of hydrazine groups is 1. The molecule has 124 valence electrons. The summed E-state index contributed by atoms with van der Waals surface area (Å²) in [7, 11) is 0. The van der Waals surface area contributed by atoms with E-state index >= 15 is 0 Å². The fourth-order valence-electron chi connectivity index (χ4n) is 1.89. The number of rotatable bonds is 1. The van der Waals surface area contributed by atoms with Gasteiger partial charge in [0.2, 0.25) is 0 Å². The monoisotopic (exact) mass is 317 g/mol. The van der Waals surface area contributed by atoms with Gasteiger partial charge in [-0.05, 0) is 20.8 Å². The molecule has 0 saturated carbocycles. The lowest BCUT2D eigenvalue weighted by atomic mass is 10.0. The van der Waals surface area contributed by atoms with Crippen molar-refractivity contribution in [3.63, 3.8) is 0 Å². The molecule has 0 aromatic heterocycles. The molecule has 1 atom stereocenters. The molecule has 1 fully saturated rings. The first-order chi connectivity index (χ1) is 10.0. The molecule has 1 saturated heterocycles.